The summed E-state index contributed by atoms with van der Waals surface area (Å²) in [4.78, 5) is 4.47. The highest BCUT2D eigenvalue weighted by Gasteiger charge is 2.20. The quantitative estimate of drug-likeness (QED) is 0.669. The summed E-state index contributed by atoms with van der Waals surface area (Å²) in [5, 5.41) is 0. The number of sulfone groups is 1. The molecule has 2 aliphatic heterocycles. The normalized spacial score (nSPS) is 19.8. The van der Waals surface area contributed by atoms with E-state index in [9.17, 15) is 8.42 Å². The van der Waals surface area contributed by atoms with Crippen LogP contribution in [0.3, 0.4) is 0 Å². The van der Waals surface area contributed by atoms with Gasteiger partial charge in [0.25, 0.3) is 0 Å². The molecule has 2 fully saturated rings. The minimum atomic E-state index is -2.72. The zero-order valence-corrected chi connectivity index (χ0v) is 18.6. The van der Waals surface area contributed by atoms with Gasteiger partial charge in [0.05, 0.1) is 37.9 Å². The van der Waals surface area contributed by atoms with E-state index in [1.807, 2.05) is 27.7 Å². The summed E-state index contributed by atoms with van der Waals surface area (Å²) in [5.41, 5.74) is 0. The average Bonchev–Trinajstić information content (AvgIpc) is 2.70. The summed E-state index contributed by atoms with van der Waals surface area (Å²) in [6.07, 6.45) is 0. The summed E-state index contributed by atoms with van der Waals surface area (Å²) in [7, 11) is 0.667. The van der Waals surface area contributed by atoms with Crippen LogP contribution in [0.2, 0.25) is 0 Å². The van der Waals surface area contributed by atoms with Gasteiger partial charge in [0, 0.05) is 53.5 Å². The van der Waals surface area contributed by atoms with Gasteiger partial charge in [-0.15, -0.1) is 0 Å². The van der Waals surface area contributed by atoms with Crippen LogP contribution in [0, 0.1) is 0 Å². The Hall–Kier alpha value is -0.250. The van der Waals surface area contributed by atoms with Crippen LogP contribution in [0.25, 0.3) is 0 Å². The molecule has 2 rings (SSSR count). The van der Waals surface area contributed by atoms with Crippen LogP contribution >= 0.6 is 0 Å². The summed E-state index contributed by atoms with van der Waals surface area (Å²) < 4.78 is 37.1. The molecular formula is C18H42N2O5S. The maximum atomic E-state index is 11.0. The molecule has 7 nitrogen and oxygen atoms in total. The van der Waals surface area contributed by atoms with Crippen LogP contribution in [0.5, 0.6) is 0 Å². The van der Waals surface area contributed by atoms with E-state index in [4.69, 9.17) is 14.2 Å². The van der Waals surface area contributed by atoms with E-state index in [1.54, 1.807) is 14.2 Å². The van der Waals surface area contributed by atoms with Gasteiger partial charge in [-0.1, -0.05) is 27.7 Å². The minimum Gasteiger partial charge on any atom is -0.383 e. The first-order valence-electron chi connectivity index (χ1n) is 9.78. The minimum absolute atomic E-state index is 0.302. The molecule has 0 aliphatic carbocycles. The molecule has 8 heteroatoms. The second-order valence-corrected chi connectivity index (χ2v) is 7.74. The Balaban J connectivity index is 0. The van der Waals surface area contributed by atoms with Crippen molar-refractivity contribution in [1.82, 2.24) is 9.80 Å². The molecule has 2 aliphatic rings. The highest BCUT2D eigenvalue weighted by Crippen LogP contribution is 2.02. The van der Waals surface area contributed by atoms with Crippen LogP contribution in [0.1, 0.15) is 27.7 Å². The van der Waals surface area contributed by atoms with Crippen LogP contribution in [0.4, 0.5) is 0 Å². The molecule has 0 unspecified atom stereocenters. The van der Waals surface area contributed by atoms with Crippen molar-refractivity contribution >= 4 is 9.84 Å². The van der Waals surface area contributed by atoms with Crippen molar-refractivity contribution in [2.75, 3.05) is 91.4 Å². The number of hydrogen-bond donors (Lipinski definition) is 0. The number of rotatable bonds is 6. The van der Waals surface area contributed by atoms with Gasteiger partial charge in [-0.25, -0.2) is 8.42 Å². The predicted molar refractivity (Wildman–Crippen MR) is 109 cm³/mol. The van der Waals surface area contributed by atoms with Crippen LogP contribution in [-0.2, 0) is 24.0 Å². The lowest BCUT2D eigenvalue weighted by atomic mass is 10.4. The molecule has 0 aromatic rings. The first-order valence-corrected chi connectivity index (χ1v) is 11.6. The molecule has 0 spiro atoms. The van der Waals surface area contributed by atoms with E-state index in [-0.39, 0.29) is 0 Å². The Labute approximate surface area is 161 Å². The van der Waals surface area contributed by atoms with E-state index in [1.165, 1.54) is 0 Å². The fourth-order valence-corrected chi connectivity index (χ4v) is 3.52. The maximum Gasteiger partial charge on any atom is 0.152 e. The zero-order valence-electron chi connectivity index (χ0n) is 17.8. The van der Waals surface area contributed by atoms with Gasteiger partial charge in [-0.3, -0.25) is 9.80 Å². The monoisotopic (exact) mass is 398 g/mol. The molecule has 0 aromatic carbocycles. The average molecular weight is 399 g/mol. The molecule has 0 atom stereocenters. The number of ether oxygens (including phenoxy) is 3. The maximum absolute atomic E-state index is 11.0. The van der Waals surface area contributed by atoms with E-state index >= 15 is 0 Å². The number of methoxy groups -OCH3 is 2. The molecule has 0 bridgehead atoms. The lowest BCUT2D eigenvalue weighted by Crippen LogP contribution is -2.41. The second-order valence-electron chi connectivity index (χ2n) is 5.43. The van der Waals surface area contributed by atoms with Crippen molar-refractivity contribution in [3.63, 3.8) is 0 Å². The Morgan fingerprint density at radius 1 is 0.769 bits per heavy atom. The first-order chi connectivity index (χ1) is 12.6. The number of nitrogens with zero attached hydrogens (tertiary/aromatic N) is 2. The smallest absolute Gasteiger partial charge is 0.152 e. The van der Waals surface area contributed by atoms with Crippen LogP contribution in [-0.4, -0.2) is 110 Å². The highest BCUT2D eigenvalue weighted by atomic mass is 32.2. The Kier molecular flexibility index (Phi) is 21.0. The van der Waals surface area contributed by atoms with E-state index in [0.29, 0.717) is 31.2 Å². The fourth-order valence-electron chi connectivity index (χ4n) is 2.24. The molecule has 160 valence electrons. The SMILES string of the molecule is CC.CC.COCCN1CCOCC1.COCCN1CCS(=O)(=O)CC1. The molecular weight excluding hydrogens is 356 g/mol. The number of morpholine rings is 1. The molecule has 2 heterocycles. The molecule has 26 heavy (non-hydrogen) atoms. The first kappa shape index (κ1) is 28.0. The zero-order chi connectivity index (χ0) is 20.3. The molecule has 0 amide bonds. The third kappa shape index (κ3) is 16.0. The van der Waals surface area contributed by atoms with E-state index in [2.05, 4.69) is 9.80 Å². The molecule has 0 aromatic heterocycles. The Bertz CT molecular complexity index is 360. The highest BCUT2D eigenvalue weighted by molar-refractivity contribution is 7.91. The van der Waals surface area contributed by atoms with Crippen molar-refractivity contribution in [1.29, 1.82) is 0 Å². The van der Waals surface area contributed by atoms with Crippen LogP contribution < -0.4 is 0 Å². The van der Waals surface area contributed by atoms with Crippen molar-refractivity contribution < 1.29 is 22.6 Å². The van der Waals surface area contributed by atoms with Gasteiger partial charge in [0.15, 0.2) is 9.84 Å². The fraction of sp³-hybridized carbons (Fsp3) is 1.00. The predicted octanol–water partition coefficient (Wildman–Crippen LogP) is 1.38. The van der Waals surface area contributed by atoms with E-state index < -0.39 is 9.84 Å². The third-order valence-corrected chi connectivity index (χ3v) is 5.37. The van der Waals surface area contributed by atoms with Gasteiger partial charge in [0.2, 0.25) is 0 Å². The third-order valence-electron chi connectivity index (χ3n) is 3.76. The molecule has 0 saturated carbocycles. The van der Waals surface area contributed by atoms with Gasteiger partial charge in [0.1, 0.15) is 0 Å². The summed E-state index contributed by atoms with van der Waals surface area (Å²) in [6.45, 7) is 16.6. The van der Waals surface area contributed by atoms with Gasteiger partial charge >= 0.3 is 0 Å². The van der Waals surface area contributed by atoms with Crippen molar-refractivity contribution in [3.8, 4) is 0 Å². The van der Waals surface area contributed by atoms with E-state index in [0.717, 1.165) is 46.0 Å². The number of hydrogen-bond acceptors (Lipinski definition) is 7. The standard InChI is InChI=1S/C7H15NO3S.C7H15NO2.2C2H6/c1-11-5-2-8-3-6-12(9,10)7-4-8;1-9-5-2-8-3-6-10-7-4-8;2*1-2/h2-7H2,1H3;2-7H2,1H3;2*1-2H3. The van der Waals surface area contributed by atoms with Crippen LogP contribution in [0.15, 0.2) is 0 Å². The second kappa shape index (κ2) is 19.5. The molecule has 0 N–H and O–H groups in total. The van der Waals surface area contributed by atoms with Crippen molar-refractivity contribution in [3.05, 3.63) is 0 Å². The van der Waals surface area contributed by atoms with Crippen molar-refractivity contribution in [2.45, 2.75) is 27.7 Å². The lowest BCUT2D eigenvalue weighted by molar-refractivity contribution is 0.0263. The molecule has 2 saturated heterocycles. The summed E-state index contributed by atoms with van der Waals surface area (Å²) in [5.74, 6) is 0.605. The van der Waals surface area contributed by atoms with Gasteiger partial charge < -0.3 is 14.2 Å². The largest absolute Gasteiger partial charge is 0.383 e. The molecule has 0 radical (unpaired) electrons. The van der Waals surface area contributed by atoms with Gasteiger partial charge in [-0.05, 0) is 0 Å². The Morgan fingerprint density at radius 3 is 1.54 bits per heavy atom. The lowest BCUT2D eigenvalue weighted by Gasteiger charge is -2.25. The summed E-state index contributed by atoms with van der Waals surface area (Å²) >= 11 is 0. The van der Waals surface area contributed by atoms with Gasteiger partial charge in [-0.2, -0.15) is 0 Å². The Morgan fingerprint density at radius 2 is 1.15 bits per heavy atom. The van der Waals surface area contributed by atoms with Crippen molar-refractivity contribution in [2.24, 2.45) is 0 Å². The summed E-state index contributed by atoms with van der Waals surface area (Å²) in [6, 6.07) is 0. The topological polar surface area (TPSA) is 68.3 Å².